The number of hydrogen-bond donors (Lipinski definition) is 0. The molecule has 2 fully saturated rings. The van der Waals surface area contributed by atoms with Crippen molar-refractivity contribution in [1.82, 2.24) is 0 Å². The maximum absolute atomic E-state index is 5.83. The summed E-state index contributed by atoms with van der Waals surface area (Å²) in [5, 5.41) is 0. The predicted molar refractivity (Wildman–Crippen MR) is 75.9 cm³/mol. The fraction of sp³-hybridized carbons (Fsp3) is 0.588. The second kappa shape index (κ2) is 8.61. The molecule has 1 aliphatic carbocycles. The zero-order chi connectivity index (χ0) is 13.1. The van der Waals surface area contributed by atoms with Gasteiger partial charge in [-0.1, -0.05) is 38.3 Å². The number of ether oxygens (including phenoxy) is 2. The Kier molecular flexibility index (Phi) is 7.48. The van der Waals surface area contributed by atoms with E-state index in [0.29, 0.717) is 5.92 Å². The molecule has 0 bridgehead atoms. The second-order valence-electron chi connectivity index (χ2n) is 5.94. The largest absolute Gasteiger partial charge is 1.00 e. The Morgan fingerprint density at radius 3 is 2.40 bits per heavy atom. The summed E-state index contributed by atoms with van der Waals surface area (Å²) < 4.78 is 11.3. The van der Waals surface area contributed by atoms with Crippen LogP contribution in [0.15, 0.2) is 24.3 Å². The van der Waals surface area contributed by atoms with Crippen molar-refractivity contribution in [2.45, 2.75) is 57.7 Å². The minimum absolute atomic E-state index is 0. The van der Waals surface area contributed by atoms with Gasteiger partial charge in [0, 0.05) is 0 Å². The Morgan fingerprint density at radius 1 is 1.10 bits per heavy atom. The Hall–Kier alpha value is 1.03. The third-order valence-corrected chi connectivity index (χ3v) is 4.25. The molecule has 3 rings (SSSR count). The normalized spacial score (nSPS) is 27.1. The van der Waals surface area contributed by atoms with Crippen molar-refractivity contribution < 1.29 is 78.4 Å². The van der Waals surface area contributed by atoms with Crippen molar-refractivity contribution in [3.05, 3.63) is 36.4 Å². The molecule has 1 aliphatic heterocycles. The van der Waals surface area contributed by atoms with Gasteiger partial charge in [0.2, 0.25) is 0 Å². The molecule has 1 heterocycles. The fourth-order valence-corrected chi connectivity index (χ4v) is 3.12. The zero-order valence-electron chi connectivity index (χ0n) is 12.7. The van der Waals surface area contributed by atoms with E-state index in [2.05, 4.69) is 31.2 Å². The first-order chi connectivity index (χ1) is 9.31. The van der Waals surface area contributed by atoms with Gasteiger partial charge in [-0.25, -0.2) is 6.61 Å². The molecule has 1 aromatic rings. The molecule has 0 spiro atoms. The van der Waals surface area contributed by atoms with Crippen LogP contribution in [0, 0.1) is 12.5 Å². The summed E-state index contributed by atoms with van der Waals surface area (Å²) in [6, 6.07) is 8.65. The van der Waals surface area contributed by atoms with Crippen molar-refractivity contribution in [3.63, 3.8) is 0 Å². The minimum atomic E-state index is -0.101. The van der Waals surface area contributed by atoms with Crippen LogP contribution in [0.25, 0.3) is 0 Å². The van der Waals surface area contributed by atoms with Crippen LogP contribution in [-0.2, 0) is 4.74 Å². The van der Waals surface area contributed by atoms with E-state index in [-0.39, 0.29) is 75.2 Å². The van der Waals surface area contributed by atoms with Crippen LogP contribution < -0.4 is 73.6 Å². The molecule has 1 saturated heterocycles. The molecule has 3 heteroatoms. The van der Waals surface area contributed by atoms with E-state index in [4.69, 9.17) is 9.47 Å². The summed E-state index contributed by atoms with van der Waals surface area (Å²) >= 11 is 0. The molecule has 1 saturated carbocycles. The van der Waals surface area contributed by atoms with Gasteiger partial charge in [-0.2, -0.15) is 0 Å². The van der Waals surface area contributed by atoms with Crippen molar-refractivity contribution in [2.24, 2.45) is 5.92 Å². The molecule has 1 aromatic carbocycles. The molecule has 0 N–H and O–H groups in total. The second-order valence-corrected chi connectivity index (χ2v) is 5.94. The summed E-state index contributed by atoms with van der Waals surface area (Å²) in [7, 11) is 0. The van der Waals surface area contributed by atoms with Gasteiger partial charge in [-0.15, -0.1) is 5.92 Å². The number of rotatable bonds is 3. The quantitative estimate of drug-likeness (QED) is 0.729. The fourth-order valence-electron chi connectivity index (χ4n) is 3.12. The molecule has 2 nitrogen and oxygen atoms in total. The van der Waals surface area contributed by atoms with Gasteiger partial charge in [0.1, 0.15) is 5.75 Å². The van der Waals surface area contributed by atoms with E-state index in [1.807, 2.05) is 6.61 Å². The Bertz CT molecular complexity index is 398. The van der Waals surface area contributed by atoms with Crippen LogP contribution in [0.1, 0.15) is 56.9 Å². The third kappa shape index (κ3) is 4.77. The predicted octanol–water partition coefficient (Wildman–Crippen LogP) is 1.66. The average Bonchev–Trinajstić information content (AvgIpc) is 2.86. The van der Waals surface area contributed by atoms with E-state index >= 15 is 0 Å². The van der Waals surface area contributed by atoms with Crippen LogP contribution >= 0.6 is 0 Å². The monoisotopic (exact) mass is 392 g/mol. The van der Waals surface area contributed by atoms with E-state index in [9.17, 15) is 0 Å². The maximum atomic E-state index is 5.83. The Morgan fingerprint density at radius 2 is 1.80 bits per heavy atom. The van der Waals surface area contributed by atoms with Crippen LogP contribution in [-0.4, -0.2) is 6.29 Å². The van der Waals surface area contributed by atoms with Crippen molar-refractivity contribution in [3.8, 4) is 5.75 Å². The Balaban J connectivity index is 0.00000147. The molecule has 20 heavy (non-hydrogen) atoms. The third-order valence-electron chi connectivity index (χ3n) is 4.25. The zero-order valence-corrected chi connectivity index (χ0v) is 19.0. The first-order valence-corrected chi connectivity index (χ1v) is 7.56. The summed E-state index contributed by atoms with van der Waals surface area (Å²) in [5.74, 6) is 2.18. The molecule has 2 aliphatic rings. The minimum Gasteiger partial charge on any atom is -0.520 e. The van der Waals surface area contributed by atoms with Crippen LogP contribution in [0.3, 0.4) is 0 Å². The van der Waals surface area contributed by atoms with Crippen LogP contribution in [0.5, 0.6) is 5.75 Å². The topological polar surface area (TPSA) is 18.5 Å². The standard InChI is InChI=1S/C17H23O2.Cs/c1-13-11-17(18-12-13)19-16-9-7-15(8-10-16)14-5-3-2-4-6-14;/h7-10,12-14,17H,2-6,11H2,1H3;/q-1;+1/t13-,17?;/m1./s1. The maximum Gasteiger partial charge on any atom is 1.00 e. The average molecular weight is 392 g/mol. The number of hydrogen-bond acceptors (Lipinski definition) is 2. The molecule has 0 radical (unpaired) electrons. The Labute approximate surface area is 181 Å². The van der Waals surface area contributed by atoms with Gasteiger partial charge in [-0.3, -0.25) is 0 Å². The van der Waals surface area contributed by atoms with Gasteiger partial charge in [0.15, 0.2) is 6.29 Å². The smallest absolute Gasteiger partial charge is 0.520 e. The summed E-state index contributed by atoms with van der Waals surface area (Å²) in [5.41, 5.74) is 1.47. The summed E-state index contributed by atoms with van der Waals surface area (Å²) in [6.07, 6.45) is 7.71. The van der Waals surface area contributed by atoms with Gasteiger partial charge in [0.05, 0.1) is 0 Å². The van der Waals surface area contributed by atoms with E-state index < -0.39 is 0 Å². The molecule has 2 atom stereocenters. The van der Waals surface area contributed by atoms with Crippen molar-refractivity contribution >= 4 is 0 Å². The first-order valence-electron chi connectivity index (χ1n) is 7.56. The van der Waals surface area contributed by atoms with E-state index in [1.165, 1.54) is 37.7 Å². The van der Waals surface area contributed by atoms with Gasteiger partial charge in [-0.05, 0) is 42.9 Å². The first kappa shape index (κ1) is 17.4. The van der Waals surface area contributed by atoms with Crippen molar-refractivity contribution in [1.29, 1.82) is 0 Å². The van der Waals surface area contributed by atoms with E-state index in [0.717, 1.165) is 18.1 Å². The number of benzene rings is 1. The molecule has 0 amide bonds. The van der Waals surface area contributed by atoms with Gasteiger partial charge in [0.25, 0.3) is 0 Å². The molecular formula is C17H23CsO2. The van der Waals surface area contributed by atoms with Crippen molar-refractivity contribution in [2.75, 3.05) is 0 Å². The van der Waals surface area contributed by atoms with Crippen LogP contribution in [0.2, 0.25) is 0 Å². The SMILES string of the molecule is C[C@H]1[CH-]OC(Oc2ccc(C3CCCCC3)cc2)C1.[Cs+]. The molecule has 0 aromatic heterocycles. The van der Waals surface area contributed by atoms with Gasteiger partial charge < -0.3 is 9.47 Å². The van der Waals surface area contributed by atoms with Gasteiger partial charge >= 0.3 is 68.9 Å². The summed E-state index contributed by atoms with van der Waals surface area (Å²) in [4.78, 5) is 0. The van der Waals surface area contributed by atoms with E-state index in [1.54, 1.807) is 0 Å². The summed E-state index contributed by atoms with van der Waals surface area (Å²) in [6.45, 7) is 4.02. The molecule has 1 unspecified atom stereocenters. The molecule has 104 valence electrons. The van der Waals surface area contributed by atoms with Crippen LogP contribution in [0.4, 0.5) is 0 Å². The molecular weight excluding hydrogens is 369 g/mol.